The van der Waals surface area contributed by atoms with Gasteiger partial charge in [0, 0.05) is 6.54 Å². The molecule has 0 saturated heterocycles. The third-order valence-electron chi connectivity index (χ3n) is 5.48. The first kappa shape index (κ1) is 13.1. The zero-order chi connectivity index (χ0) is 13.5. The van der Waals surface area contributed by atoms with E-state index in [1.165, 1.54) is 31.2 Å². The molecule has 1 nitrogen and oxygen atoms in total. The third kappa shape index (κ3) is 2.31. The van der Waals surface area contributed by atoms with E-state index in [1.807, 2.05) is 13.0 Å². The monoisotopic (exact) mass is 261 g/mol. The Balaban J connectivity index is 1.86. The van der Waals surface area contributed by atoms with Gasteiger partial charge in [-0.3, -0.25) is 0 Å². The summed E-state index contributed by atoms with van der Waals surface area (Å²) in [6, 6.07) is 5.28. The Hall–Kier alpha value is -0.890. The summed E-state index contributed by atoms with van der Waals surface area (Å²) in [5, 5.41) is 3.41. The average Bonchev–Trinajstić information content (AvgIpc) is 2.94. The van der Waals surface area contributed by atoms with Crippen LogP contribution in [-0.2, 0) is 6.42 Å². The average molecular weight is 261 g/mol. The summed E-state index contributed by atoms with van der Waals surface area (Å²) in [6.45, 7) is 3.14. The van der Waals surface area contributed by atoms with Gasteiger partial charge in [-0.25, -0.2) is 4.39 Å². The smallest absolute Gasteiger partial charge is 0.123 e. The van der Waals surface area contributed by atoms with Crippen molar-refractivity contribution >= 4 is 0 Å². The van der Waals surface area contributed by atoms with E-state index in [0.717, 1.165) is 30.4 Å². The molecule has 104 valence electrons. The lowest BCUT2D eigenvalue weighted by atomic mass is 9.69. The van der Waals surface area contributed by atoms with Gasteiger partial charge in [-0.2, -0.15) is 0 Å². The maximum absolute atomic E-state index is 13.2. The molecule has 1 N–H and O–H groups in total. The van der Waals surface area contributed by atoms with Crippen LogP contribution >= 0.6 is 0 Å². The van der Waals surface area contributed by atoms with Crippen molar-refractivity contribution in [1.29, 1.82) is 0 Å². The van der Waals surface area contributed by atoms with Gasteiger partial charge >= 0.3 is 0 Å². The minimum absolute atomic E-state index is 0.114. The maximum atomic E-state index is 13.2. The quantitative estimate of drug-likeness (QED) is 0.871. The lowest BCUT2D eigenvalue weighted by molar-refractivity contribution is 0.160. The van der Waals surface area contributed by atoms with Gasteiger partial charge in [0.1, 0.15) is 5.82 Å². The minimum Gasteiger partial charge on any atom is -0.319 e. The summed E-state index contributed by atoms with van der Waals surface area (Å²) in [5.74, 6) is 1.70. The molecule has 0 aromatic heterocycles. The van der Waals surface area contributed by atoms with Gasteiger partial charge in [-0.15, -0.1) is 0 Å². The van der Waals surface area contributed by atoms with E-state index in [0.29, 0.717) is 5.41 Å². The number of hydrogen-bond acceptors (Lipinski definition) is 1. The predicted molar refractivity (Wildman–Crippen MR) is 76.6 cm³/mol. The molecule has 0 radical (unpaired) electrons. The maximum Gasteiger partial charge on any atom is 0.123 e. The molecular weight excluding hydrogens is 237 g/mol. The Labute approximate surface area is 115 Å². The van der Waals surface area contributed by atoms with Gasteiger partial charge in [0.2, 0.25) is 0 Å². The first-order chi connectivity index (χ1) is 9.13. The second kappa shape index (κ2) is 4.90. The van der Waals surface area contributed by atoms with E-state index in [9.17, 15) is 4.39 Å². The predicted octanol–water partition coefficient (Wildman–Crippen LogP) is 3.70. The Morgan fingerprint density at radius 3 is 2.79 bits per heavy atom. The number of nitrogens with one attached hydrogen (secondary N) is 1. The Morgan fingerprint density at radius 1 is 1.37 bits per heavy atom. The van der Waals surface area contributed by atoms with Crippen molar-refractivity contribution in [2.24, 2.45) is 17.3 Å². The summed E-state index contributed by atoms with van der Waals surface area (Å²) in [5.41, 5.74) is 2.86. The van der Waals surface area contributed by atoms with E-state index in [4.69, 9.17) is 0 Å². The molecule has 0 aliphatic heterocycles. The molecule has 0 amide bonds. The summed E-state index contributed by atoms with van der Waals surface area (Å²) in [7, 11) is 2.06. The topological polar surface area (TPSA) is 12.0 Å². The lowest BCUT2D eigenvalue weighted by Crippen LogP contribution is -2.39. The van der Waals surface area contributed by atoms with Gasteiger partial charge in [0.25, 0.3) is 0 Å². The van der Waals surface area contributed by atoms with E-state index in [1.54, 1.807) is 12.1 Å². The van der Waals surface area contributed by atoms with Crippen molar-refractivity contribution in [1.82, 2.24) is 5.32 Å². The molecule has 2 heteroatoms. The third-order valence-corrected chi connectivity index (χ3v) is 5.48. The van der Waals surface area contributed by atoms with Crippen LogP contribution in [0.1, 0.15) is 36.8 Å². The standard InChI is InChI=1S/C17H24FN/c1-12-7-16(18)6-4-14(12)10-17(11-19-2)9-13-3-5-15(17)8-13/h4,6-7,13,15,19H,3,5,8-11H2,1-2H3. The molecule has 3 atom stereocenters. The van der Waals surface area contributed by atoms with Crippen molar-refractivity contribution < 1.29 is 4.39 Å². The summed E-state index contributed by atoms with van der Waals surface area (Å²) >= 11 is 0. The van der Waals surface area contributed by atoms with Crippen LogP contribution in [0.25, 0.3) is 0 Å². The fourth-order valence-electron chi connectivity index (χ4n) is 4.64. The number of benzene rings is 1. The first-order valence-electron chi connectivity index (χ1n) is 7.52. The normalized spacial score (nSPS) is 33.0. The van der Waals surface area contributed by atoms with Crippen LogP contribution in [-0.4, -0.2) is 13.6 Å². The van der Waals surface area contributed by atoms with Crippen LogP contribution in [0.4, 0.5) is 4.39 Å². The molecule has 0 spiro atoms. The van der Waals surface area contributed by atoms with Crippen LogP contribution in [0.5, 0.6) is 0 Å². The minimum atomic E-state index is -0.114. The van der Waals surface area contributed by atoms with Crippen molar-refractivity contribution in [2.45, 2.75) is 39.0 Å². The van der Waals surface area contributed by atoms with Crippen molar-refractivity contribution in [2.75, 3.05) is 13.6 Å². The van der Waals surface area contributed by atoms with Crippen LogP contribution in [0.2, 0.25) is 0 Å². The van der Waals surface area contributed by atoms with Gasteiger partial charge in [-0.05, 0) is 80.2 Å². The molecule has 2 fully saturated rings. The molecular formula is C17H24FN. The molecule has 3 unspecified atom stereocenters. The van der Waals surface area contributed by atoms with Crippen LogP contribution in [0, 0.1) is 30.0 Å². The molecule has 1 aromatic carbocycles. The highest BCUT2D eigenvalue weighted by molar-refractivity contribution is 5.28. The molecule has 2 aliphatic rings. The Bertz CT molecular complexity index is 470. The molecule has 2 aliphatic carbocycles. The zero-order valence-electron chi connectivity index (χ0n) is 12.0. The highest BCUT2D eigenvalue weighted by Gasteiger charge is 2.50. The van der Waals surface area contributed by atoms with E-state index >= 15 is 0 Å². The fraction of sp³-hybridized carbons (Fsp3) is 0.647. The molecule has 3 rings (SSSR count). The zero-order valence-corrected chi connectivity index (χ0v) is 12.0. The van der Waals surface area contributed by atoms with E-state index < -0.39 is 0 Å². The van der Waals surface area contributed by atoms with Crippen molar-refractivity contribution in [3.63, 3.8) is 0 Å². The second-order valence-corrected chi connectivity index (χ2v) is 6.72. The van der Waals surface area contributed by atoms with E-state index in [2.05, 4.69) is 12.4 Å². The van der Waals surface area contributed by atoms with Gasteiger partial charge in [-0.1, -0.05) is 12.5 Å². The first-order valence-corrected chi connectivity index (χ1v) is 7.52. The van der Waals surface area contributed by atoms with Crippen molar-refractivity contribution in [3.8, 4) is 0 Å². The highest BCUT2D eigenvalue weighted by atomic mass is 19.1. The highest BCUT2D eigenvalue weighted by Crippen LogP contribution is 2.57. The van der Waals surface area contributed by atoms with Crippen LogP contribution in [0.3, 0.4) is 0 Å². The number of halogens is 1. The molecule has 1 aromatic rings. The lowest BCUT2D eigenvalue weighted by Gasteiger charge is -2.38. The summed E-state index contributed by atoms with van der Waals surface area (Å²) in [6.07, 6.45) is 6.71. The molecule has 0 heterocycles. The largest absolute Gasteiger partial charge is 0.319 e. The van der Waals surface area contributed by atoms with Crippen molar-refractivity contribution in [3.05, 3.63) is 35.1 Å². The molecule has 19 heavy (non-hydrogen) atoms. The van der Waals surface area contributed by atoms with Gasteiger partial charge in [0.05, 0.1) is 0 Å². The number of aryl methyl sites for hydroxylation is 1. The number of hydrogen-bond donors (Lipinski definition) is 1. The number of fused-ring (bicyclic) bond motifs is 2. The molecule has 2 saturated carbocycles. The Morgan fingerprint density at radius 2 is 2.21 bits per heavy atom. The second-order valence-electron chi connectivity index (χ2n) is 6.72. The Kier molecular flexibility index (Phi) is 3.38. The SMILES string of the molecule is CNCC1(Cc2ccc(F)cc2C)CC2CCC1C2. The summed E-state index contributed by atoms with van der Waals surface area (Å²) in [4.78, 5) is 0. The van der Waals surface area contributed by atoms with Gasteiger partial charge < -0.3 is 5.32 Å². The van der Waals surface area contributed by atoms with E-state index in [-0.39, 0.29) is 5.82 Å². The summed E-state index contributed by atoms with van der Waals surface area (Å²) < 4.78 is 13.2. The molecule has 2 bridgehead atoms. The van der Waals surface area contributed by atoms with Crippen LogP contribution < -0.4 is 5.32 Å². The fourth-order valence-corrected chi connectivity index (χ4v) is 4.64. The van der Waals surface area contributed by atoms with Crippen LogP contribution in [0.15, 0.2) is 18.2 Å². The van der Waals surface area contributed by atoms with Gasteiger partial charge in [0.15, 0.2) is 0 Å². The number of rotatable bonds is 4.